The van der Waals surface area contributed by atoms with Crippen LogP contribution in [0.1, 0.15) is 52.4 Å². The van der Waals surface area contributed by atoms with E-state index in [-0.39, 0.29) is 29.9 Å². The first-order chi connectivity index (χ1) is 9.42. The lowest BCUT2D eigenvalue weighted by atomic mass is 9.79. The van der Waals surface area contributed by atoms with Crippen molar-refractivity contribution in [1.82, 2.24) is 4.90 Å². The third kappa shape index (κ3) is 3.51. The zero-order valence-corrected chi connectivity index (χ0v) is 12.4. The van der Waals surface area contributed by atoms with E-state index in [2.05, 4.69) is 0 Å². The highest BCUT2D eigenvalue weighted by molar-refractivity contribution is 5.78. The molecule has 0 spiro atoms. The smallest absolute Gasteiger partial charge is 0.303 e. The van der Waals surface area contributed by atoms with E-state index in [0.717, 1.165) is 25.7 Å². The molecule has 0 bridgehead atoms. The Kier molecular flexibility index (Phi) is 4.68. The fourth-order valence-corrected chi connectivity index (χ4v) is 3.53. The molecule has 0 aromatic heterocycles. The monoisotopic (exact) mass is 283 g/mol. The number of hydrogen-bond donors (Lipinski definition) is 1. The number of amides is 1. The van der Waals surface area contributed by atoms with Crippen molar-refractivity contribution in [3.05, 3.63) is 0 Å². The van der Waals surface area contributed by atoms with E-state index in [4.69, 9.17) is 9.84 Å². The number of carboxylic acids is 1. The van der Waals surface area contributed by atoms with E-state index >= 15 is 0 Å². The van der Waals surface area contributed by atoms with Gasteiger partial charge in [0.25, 0.3) is 0 Å². The van der Waals surface area contributed by atoms with Gasteiger partial charge < -0.3 is 14.7 Å². The van der Waals surface area contributed by atoms with Crippen LogP contribution in [0.5, 0.6) is 0 Å². The number of carboxylic acid groups (broad SMARTS) is 1. The number of carbonyl (C=O) groups excluding carboxylic acids is 1. The van der Waals surface area contributed by atoms with Crippen LogP contribution in [0.3, 0.4) is 0 Å². The zero-order chi connectivity index (χ0) is 14.8. The first-order valence-electron chi connectivity index (χ1n) is 7.55. The number of aliphatic carboxylic acids is 1. The molecule has 1 saturated carbocycles. The number of morpholine rings is 1. The van der Waals surface area contributed by atoms with Gasteiger partial charge in [0, 0.05) is 13.0 Å². The molecule has 1 amide bonds. The van der Waals surface area contributed by atoms with Gasteiger partial charge >= 0.3 is 5.97 Å². The van der Waals surface area contributed by atoms with Gasteiger partial charge in [0.1, 0.15) is 0 Å². The lowest BCUT2D eigenvalue weighted by Gasteiger charge is -2.39. The Morgan fingerprint density at radius 2 is 1.90 bits per heavy atom. The van der Waals surface area contributed by atoms with Crippen LogP contribution in [0.4, 0.5) is 0 Å². The second kappa shape index (κ2) is 6.12. The van der Waals surface area contributed by atoms with Gasteiger partial charge in [0.2, 0.25) is 5.91 Å². The minimum Gasteiger partial charge on any atom is -0.481 e. The van der Waals surface area contributed by atoms with Gasteiger partial charge in [-0.05, 0) is 32.1 Å². The van der Waals surface area contributed by atoms with Crippen molar-refractivity contribution in [2.45, 2.75) is 64.5 Å². The largest absolute Gasteiger partial charge is 0.481 e. The topological polar surface area (TPSA) is 66.8 Å². The average Bonchev–Trinajstić information content (AvgIpc) is 2.79. The molecule has 114 valence electrons. The molecule has 1 saturated heterocycles. The second-order valence-electron chi connectivity index (χ2n) is 6.49. The van der Waals surface area contributed by atoms with Gasteiger partial charge in [-0.3, -0.25) is 9.59 Å². The molecule has 2 rings (SSSR count). The SMILES string of the molecule is CC1CN(C(=O)CC2(CC(=O)O)CCCC2)C(C)CO1. The van der Waals surface area contributed by atoms with E-state index in [1.165, 1.54) is 0 Å². The molecule has 1 aliphatic carbocycles. The minimum atomic E-state index is -0.789. The molecule has 1 heterocycles. The van der Waals surface area contributed by atoms with Crippen molar-refractivity contribution < 1.29 is 19.4 Å². The van der Waals surface area contributed by atoms with Crippen molar-refractivity contribution >= 4 is 11.9 Å². The molecule has 1 aliphatic heterocycles. The van der Waals surface area contributed by atoms with Crippen molar-refractivity contribution in [3.8, 4) is 0 Å². The van der Waals surface area contributed by atoms with Crippen LogP contribution in [0.2, 0.25) is 0 Å². The molecule has 5 heteroatoms. The summed E-state index contributed by atoms with van der Waals surface area (Å²) in [5, 5.41) is 9.11. The normalized spacial score (nSPS) is 29.4. The van der Waals surface area contributed by atoms with Gasteiger partial charge in [-0.2, -0.15) is 0 Å². The highest BCUT2D eigenvalue weighted by Gasteiger charge is 2.40. The minimum absolute atomic E-state index is 0.0640. The standard InChI is InChI=1S/C15H25NO4/c1-11-10-20-12(2)9-16(11)13(17)7-15(8-14(18)19)5-3-4-6-15/h11-12H,3-10H2,1-2H3,(H,18,19). The molecule has 20 heavy (non-hydrogen) atoms. The van der Waals surface area contributed by atoms with E-state index in [0.29, 0.717) is 19.6 Å². The van der Waals surface area contributed by atoms with E-state index in [1.807, 2.05) is 18.7 Å². The molecule has 0 aromatic rings. The molecule has 0 aromatic carbocycles. The molecule has 2 fully saturated rings. The lowest BCUT2D eigenvalue weighted by molar-refractivity contribution is -0.147. The van der Waals surface area contributed by atoms with E-state index in [9.17, 15) is 9.59 Å². The molecule has 1 N–H and O–H groups in total. The predicted molar refractivity (Wildman–Crippen MR) is 74.4 cm³/mol. The molecule has 5 nitrogen and oxygen atoms in total. The number of nitrogens with zero attached hydrogens (tertiary/aromatic N) is 1. The van der Waals surface area contributed by atoms with E-state index < -0.39 is 5.97 Å². The van der Waals surface area contributed by atoms with Crippen molar-refractivity contribution in [3.63, 3.8) is 0 Å². The molecule has 2 unspecified atom stereocenters. The molecular formula is C15H25NO4. The highest BCUT2D eigenvalue weighted by atomic mass is 16.5. The Balaban J connectivity index is 2.02. The quantitative estimate of drug-likeness (QED) is 0.857. The van der Waals surface area contributed by atoms with Crippen LogP contribution >= 0.6 is 0 Å². The van der Waals surface area contributed by atoms with Crippen molar-refractivity contribution in [2.75, 3.05) is 13.2 Å². The van der Waals surface area contributed by atoms with Gasteiger partial charge in [-0.25, -0.2) is 0 Å². The zero-order valence-electron chi connectivity index (χ0n) is 12.4. The predicted octanol–water partition coefficient (Wildman–Crippen LogP) is 2.05. The van der Waals surface area contributed by atoms with Crippen LogP contribution in [0.25, 0.3) is 0 Å². The molecule has 2 atom stereocenters. The number of ether oxygens (including phenoxy) is 1. The third-order valence-corrected chi connectivity index (χ3v) is 4.64. The Morgan fingerprint density at radius 1 is 1.25 bits per heavy atom. The summed E-state index contributed by atoms with van der Waals surface area (Å²) in [5.74, 6) is -0.695. The summed E-state index contributed by atoms with van der Waals surface area (Å²) in [4.78, 5) is 25.5. The van der Waals surface area contributed by atoms with Crippen LogP contribution in [-0.2, 0) is 14.3 Å². The molecular weight excluding hydrogens is 258 g/mol. The molecule has 0 radical (unpaired) electrons. The summed E-state index contributed by atoms with van der Waals surface area (Å²) in [6.07, 6.45) is 4.35. The highest BCUT2D eigenvalue weighted by Crippen LogP contribution is 2.44. The fraction of sp³-hybridized carbons (Fsp3) is 0.867. The van der Waals surface area contributed by atoms with Crippen molar-refractivity contribution in [1.29, 1.82) is 0 Å². The second-order valence-corrected chi connectivity index (χ2v) is 6.49. The summed E-state index contributed by atoms with van der Waals surface area (Å²) in [6, 6.07) is 0.0852. The molecule has 2 aliphatic rings. The third-order valence-electron chi connectivity index (χ3n) is 4.64. The Morgan fingerprint density at radius 3 is 2.50 bits per heavy atom. The maximum atomic E-state index is 12.6. The van der Waals surface area contributed by atoms with Crippen LogP contribution in [-0.4, -0.2) is 47.2 Å². The van der Waals surface area contributed by atoms with Gasteiger partial charge in [0.05, 0.1) is 25.2 Å². The fourth-order valence-electron chi connectivity index (χ4n) is 3.53. The summed E-state index contributed by atoms with van der Waals surface area (Å²) in [6.45, 7) is 5.14. The first kappa shape index (κ1) is 15.3. The first-order valence-corrected chi connectivity index (χ1v) is 7.55. The average molecular weight is 283 g/mol. The number of rotatable bonds is 4. The van der Waals surface area contributed by atoms with Gasteiger partial charge in [-0.1, -0.05) is 12.8 Å². The Labute approximate surface area is 120 Å². The maximum Gasteiger partial charge on any atom is 0.303 e. The van der Waals surface area contributed by atoms with E-state index in [1.54, 1.807) is 0 Å². The van der Waals surface area contributed by atoms with Crippen LogP contribution in [0, 0.1) is 5.41 Å². The Bertz CT molecular complexity index is 376. The van der Waals surface area contributed by atoms with Crippen LogP contribution < -0.4 is 0 Å². The summed E-state index contributed by atoms with van der Waals surface area (Å²) in [7, 11) is 0. The summed E-state index contributed by atoms with van der Waals surface area (Å²) >= 11 is 0. The summed E-state index contributed by atoms with van der Waals surface area (Å²) < 4.78 is 5.54. The van der Waals surface area contributed by atoms with Gasteiger partial charge in [-0.15, -0.1) is 0 Å². The maximum absolute atomic E-state index is 12.6. The van der Waals surface area contributed by atoms with Crippen molar-refractivity contribution in [2.24, 2.45) is 5.41 Å². The van der Waals surface area contributed by atoms with Crippen LogP contribution in [0.15, 0.2) is 0 Å². The number of carbonyl (C=O) groups is 2. The summed E-state index contributed by atoms with van der Waals surface area (Å²) in [5.41, 5.74) is -0.315. The van der Waals surface area contributed by atoms with Gasteiger partial charge in [0.15, 0.2) is 0 Å². The lowest BCUT2D eigenvalue weighted by Crippen LogP contribution is -2.51. The Hall–Kier alpha value is -1.10. The number of hydrogen-bond acceptors (Lipinski definition) is 3.